The number of nitrogens with one attached hydrogen (secondary N) is 3. The number of carbonyl (C=O) groups excluding carboxylic acids is 2. The predicted octanol–water partition coefficient (Wildman–Crippen LogP) is 5.09. The zero-order chi connectivity index (χ0) is 31.7. The van der Waals surface area contributed by atoms with Crippen molar-refractivity contribution in [3.63, 3.8) is 0 Å². The van der Waals surface area contributed by atoms with Crippen LogP contribution in [0.4, 0.5) is 11.4 Å². The molecular weight excluding hydrogens is 592 g/mol. The molecular formula is C34H36N4O6S. The number of pyridine rings is 1. The Morgan fingerprint density at radius 3 is 2.42 bits per heavy atom. The van der Waals surface area contributed by atoms with E-state index in [0.717, 1.165) is 10.9 Å². The standard InChI is InChI=1S/C34H36N4O6S/c1-3-44-29-13-15-31(39)36-25-10-14-30(45(42,43)27-11-12-27)24(18-25)20-38(2)34(41)32(23-6-4-22(29)5-7-23)37-26-9-8-21-16-17-35-33(40)28(21)19-26/h4-10,14,16-19,27,29,32,37H,3,11-13,15,20H2,1-2H3,(H,35,40)(H,36,39)/t29-,32+/m0/s1. The van der Waals surface area contributed by atoms with Crippen molar-refractivity contribution >= 4 is 43.8 Å². The highest BCUT2D eigenvalue weighted by Crippen LogP contribution is 2.36. The minimum absolute atomic E-state index is 0.00386. The predicted molar refractivity (Wildman–Crippen MR) is 173 cm³/mol. The molecule has 234 valence electrons. The number of aromatic amines is 1. The Hall–Kier alpha value is -4.48. The van der Waals surface area contributed by atoms with Gasteiger partial charge in [0, 0.05) is 49.6 Å². The topological polar surface area (TPSA) is 138 Å². The zero-order valence-electron chi connectivity index (χ0n) is 25.2. The van der Waals surface area contributed by atoms with Crippen LogP contribution in [0.3, 0.4) is 0 Å². The van der Waals surface area contributed by atoms with Crippen molar-refractivity contribution in [2.24, 2.45) is 0 Å². The highest BCUT2D eigenvalue weighted by molar-refractivity contribution is 7.92. The fourth-order valence-corrected chi connectivity index (χ4v) is 7.70. The van der Waals surface area contributed by atoms with Crippen LogP contribution in [-0.4, -0.2) is 49.0 Å². The van der Waals surface area contributed by atoms with Crippen LogP contribution in [-0.2, 0) is 30.7 Å². The van der Waals surface area contributed by atoms with Crippen LogP contribution in [0.5, 0.6) is 0 Å². The third-order valence-electron chi connectivity index (χ3n) is 8.37. The summed E-state index contributed by atoms with van der Waals surface area (Å²) >= 11 is 0. The fourth-order valence-electron chi connectivity index (χ4n) is 5.83. The van der Waals surface area contributed by atoms with Gasteiger partial charge in [-0.25, -0.2) is 8.42 Å². The third kappa shape index (κ3) is 6.50. The minimum Gasteiger partial charge on any atom is -0.374 e. The number of sulfone groups is 1. The van der Waals surface area contributed by atoms with Gasteiger partial charge in [-0.3, -0.25) is 14.4 Å². The lowest BCUT2D eigenvalue weighted by molar-refractivity contribution is -0.131. The molecule has 1 aromatic heterocycles. The molecule has 0 spiro atoms. The first-order valence-electron chi connectivity index (χ1n) is 15.1. The molecule has 2 aliphatic heterocycles. The second-order valence-corrected chi connectivity index (χ2v) is 13.8. The monoisotopic (exact) mass is 628 g/mol. The number of rotatable bonds is 6. The van der Waals surface area contributed by atoms with E-state index >= 15 is 0 Å². The highest BCUT2D eigenvalue weighted by atomic mass is 32.2. The van der Waals surface area contributed by atoms with Crippen LogP contribution < -0.4 is 16.2 Å². The molecule has 10 nitrogen and oxygen atoms in total. The number of benzene rings is 3. The van der Waals surface area contributed by atoms with E-state index in [0.29, 0.717) is 53.8 Å². The Morgan fingerprint density at radius 2 is 1.69 bits per heavy atom. The summed E-state index contributed by atoms with van der Waals surface area (Å²) in [5.74, 6) is -0.516. The van der Waals surface area contributed by atoms with Crippen LogP contribution in [0.1, 0.15) is 61.4 Å². The molecule has 7 rings (SSSR count). The zero-order valence-corrected chi connectivity index (χ0v) is 26.0. The largest absolute Gasteiger partial charge is 0.374 e. The Labute approximate surface area is 261 Å². The summed E-state index contributed by atoms with van der Waals surface area (Å²) in [6, 6.07) is 18.6. The van der Waals surface area contributed by atoms with Crippen molar-refractivity contribution in [3.05, 3.63) is 100.0 Å². The molecule has 2 atom stereocenters. The summed E-state index contributed by atoms with van der Waals surface area (Å²) in [4.78, 5) is 44.0. The number of carbonyl (C=O) groups is 2. The molecule has 1 fully saturated rings. The number of hydrogen-bond acceptors (Lipinski definition) is 7. The van der Waals surface area contributed by atoms with Gasteiger partial charge in [-0.1, -0.05) is 30.3 Å². The van der Waals surface area contributed by atoms with E-state index in [-0.39, 0.29) is 41.3 Å². The number of anilines is 2. The lowest BCUT2D eigenvalue weighted by Gasteiger charge is -2.27. The van der Waals surface area contributed by atoms with Crippen LogP contribution in [0.25, 0.3) is 10.8 Å². The molecule has 1 saturated carbocycles. The molecule has 4 bridgehead atoms. The number of aromatic nitrogens is 1. The van der Waals surface area contributed by atoms with Gasteiger partial charge < -0.3 is 25.3 Å². The molecule has 4 aromatic rings. The van der Waals surface area contributed by atoms with Gasteiger partial charge in [-0.15, -0.1) is 0 Å². The summed E-state index contributed by atoms with van der Waals surface area (Å²) in [5, 5.41) is 7.05. The number of nitrogens with zero attached hydrogens (tertiary/aromatic N) is 1. The van der Waals surface area contributed by atoms with Crippen molar-refractivity contribution in [3.8, 4) is 0 Å². The maximum atomic E-state index is 14.2. The van der Waals surface area contributed by atoms with E-state index < -0.39 is 21.1 Å². The maximum Gasteiger partial charge on any atom is 0.255 e. The van der Waals surface area contributed by atoms with E-state index in [9.17, 15) is 22.8 Å². The van der Waals surface area contributed by atoms with Gasteiger partial charge in [0.05, 0.1) is 16.2 Å². The summed E-state index contributed by atoms with van der Waals surface area (Å²) in [5.41, 5.74) is 2.80. The molecule has 2 amide bonds. The molecule has 45 heavy (non-hydrogen) atoms. The first-order valence-corrected chi connectivity index (χ1v) is 16.7. The molecule has 3 N–H and O–H groups in total. The highest BCUT2D eigenvalue weighted by Gasteiger charge is 2.38. The van der Waals surface area contributed by atoms with Crippen molar-refractivity contribution in [1.29, 1.82) is 0 Å². The Balaban J connectivity index is 1.42. The average Bonchev–Trinajstić information content (AvgIpc) is 3.88. The lowest BCUT2D eigenvalue weighted by atomic mass is 9.98. The van der Waals surface area contributed by atoms with Gasteiger partial charge >= 0.3 is 0 Å². The first kappa shape index (κ1) is 30.5. The molecule has 3 heterocycles. The van der Waals surface area contributed by atoms with Crippen molar-refractivity contribution in [2.45, 2.75) is 61.4 Å². The summed E-state index contributed by atoms with van der Waals surface area (Å²) in [6.07, 6.45) is 3.11. The second kappa shape index (κ2) is 12.5. The van der Waals surface area contributed by atoms with Gasteiger partial charge in [0.15, 0.2) is 9.84 Å². The van der Waals surface area contributed by atoms with Crippen molar-refractivity contribution in [2.75, 3.05) is 24.3 Å². The SMILES string of the molecule is CCO[C@H]1CCC(=O)Nc2ccc(S(=O)(=O)C3CC3)c(c2)CN(C)C(=O)[C@H](Nc2ccc3cc[nH]c(=O)c3c2)c2ccc1cc2. The van der Waals surface area contributed by atoms with Crippen LogP contribution >= 0.6 is 0 Å². The van der Waals surface area contributed by atoms with E-state index in [1.807, 2.05) is 49.4 Å². The number of fused-ring (bicyclic) bond motifs is 10. The van der Waals surface area contributed by atoms with Crippen molar-refractivity contribution < 1.29 is 22.7 Å². The minimum atomic E-state index is -3.59. The van der Waals surface area contributed by atoms with Gasteiger partial charge in [-0.05, 0) is 84.7 Å². The Kier molecular flexibility index (Phi) is 8.48. The number of likely N-dealkylation sites (N-methyl/N-ethyl adjacent to an activating group) is 1. The van der Waals surface area contributed by atoms with Crippen LogP contribution in [0.15, 0.2) is 82.6 Å². The number of hydrogen-bond donors (Lipinski definition) is 3. The normalized spacial score (nSPS) is 19.5. The van der Waals surface area contributed by atoms with E-state index in [4.69, 9.17) is 4.74 Å². The van der Waals surface area contributed by atoms with Crippen molar-refractivity contribution in [1.82, 2.24) is 9.88 Å². The molecule has 11 heteroatoms. The number of H-pyrrole nitrogens is 1. The molecule has 1 aliphatic carbocycles. The summed E-state index contributed by atoms with van der Waals surface area (Å²) in [7, 11) is -1.96. The van der Waals surface area contributed by atoms with E-state index in [2.05, 4.69) is 15.6 Å². The molecule has 0 unspecified atom stereocenters. The van der Waals surface area contributed by atoms with E-state index in [1.165, 1.54) is 11.0 Å². The smallest absolute Gasteiger partial charge is 0.255 e. The van der Waals surface area contributed by atoms with E-state index in [1.54, 1.807) is 31.4 Å². The molecule has 3 aliphatic rings. The summed E-state index contributed by atoms with van der Waals surface area (Å²) in [6.45, 7) is 2.36. The van der Waals surface area contributed by atoms with Gasteiger partial charge in [0.1, 0.15) is 6.04 Å². The molecule has 0 saturated heterocycles. The van der Waals surface area contributed by atoms with Crippen LogP contribution in [0, 0.1) is 0 Å². The van der Waals surface area contributed by atoms with Gasteiger partial charge in [0.25, 0.3) is 5.56 Å². The Bertz CT molecular complexity index is 1920. The van der Waals surface area contributed by atoms with Gasteiger partial charge in [-0.2, -0.15) is 0 Å². The number of ether oxygens (including phenoxy) is 1. The van der Waals surface area contributed by atoms with Crippen LogP contribution in [0.2, 0.25) is 0 Å². The second-order valence-electron chi connectivity index (χ2n) is 11.6. The molecule has 3 aromatic carbocycles. The average molecular weight is 629 g/mol. The maximum absolute atomic E-state index is 14.2. The third-order valence-corrected chi connectivity index (χ3v) is 10.7. The Morgan fingerprint density at radius 1 is 0.933 bits per heavy atom. The first-order chi connectivity index (χ1) is 21.6. The van der Waals surface area contributed by atoms with Gasteiger partial charge in [0.2, 0.25) is 11.8 Å². The fraction of sp³-hybridized carbons (Fsp3) is 0.324. The quantitative estimate of drug-likeness (QED) is 0.271. The number of amides is 2. The summed E-state index contributed by atoms with van der Waals surface area (Å²) < 4.78 is 32.8. The lowest BCUT2D eigenvalue weighted by Crippen LogP contribution is -2.35. The molecule has 0 radical (unpaired) electrons.